The summed E-state index contributed by atoms with van der Waals surface area (Å²) < 4.78 is 48.9. The topological polar surface area (TPSA) is 102 Å². The second-order valence-electron chi connectivity index (χ2n) is 13.2. The second-order valence-corrected chi connectivity index (χ2v) is 13.2. The summed E-state index contributed by atoms with van der Waals surface area (Å²) in [7, 11) is 1.55. The standard InChI is InChI=1S/C34H39F2N7O3/c1-20-6-3-7-22-14-24-23(17-37-41-24)26(25(20)22)29-28(36)30-27(32(38-29)44-2)31(42-9-5-12-45-13-11-42)40-33(39-30)46-19-34-8-4-10-43(34)18-21(15-34)16-35/h14,16-17,20H,3-13,15,18-19H2,1-2H3,(H,37,41)/b21-16-. The number of aromatic amines is 1. The van der Waals surface area contributed by atoms with Crippen molar-refractivity contribution in [2.75, 3.05) is 58.0 Å². The molecule has 0 spiro atoms. The smallest absolute Gasteiger partial charge is 0.319 e. The lowest BCUT2D eigenvalue weighted by Crippen LogP contribution is -2.43. The zero-order valence-electron chi connectivity index (χ0n) is 26.4. The van der Waals surface area contributed by atoms with Crippen molar-refractivity contribution in [3.05, 3.63) is 41.1 Å². The van der Waals surface area contributed by atoms with Crippen molar-refractivity contribution in [3.63, 3.8) is 0 Å². The van der Waals surface area contributed by atoms with E-state index in [1.807, 2.05) is 0 Å². The van der Waals surface area contributed by atoms with Crippen LogP contribution >= 0.6 is 0 Å². The number of fused-ring (bicyclic) bond motifs is 4. The normalized spacial score (nSPS) is 24.5. The van der Waals surface area contributed by atoms with Gasteiger partial charge >= 0.3 is 6.01 Å². The molecule has 0 radical (unpaired) electrons. The van der Waals surface area contributed by atoms with E-state index in [0.29, 0.717) is 50.5 Å². The number of hydrogen-bond acceptors (Lipinski definition) is 9. The second kappa shape index (κ2) is 11.7. The molecule has 4 aromatic rings. The van der Waals surface area contributed by atoms with Crippen LogP contribution in [0.25, 0.3) is 33.1 Å². The van der Waals surface area contributed by atoms with Crippen molar-refractivity contribution in [2.45, 2.75) is 63.3 Å². The molecule has 8 rings (SSSR count). The van der Waals surface area contributed by atoms with Gasteiger partial charge in [-0.15, -0.1) is 0 Å². The molecule has 242 valence electrons. The first-order valence-electron chi connectivity index (χ1n) is 16.4. The van der Waals surface area contributed by atoms with E-state index in [1.54, 1.807) is 13.3 Å². The Kier molecular flexibility index (Phi) is 7.51. The van der Waals surface area contributed by atoms with Crippen LogP contribution in [0.3, 0.4) is 0 Å². The van der Waals surface area contributed by atoms with Crippen LogP contribution in [0.1, 0.15) is 62.5 Å². The van der Waals surface area contributed by atoms with Crippen molar-refractivity contribution in [1.82, 2.24) is 30.0 Å². The van der Waals surface area contributed by atoms with Crippen molar-refractivity contribution >= 4 is 27.6 Å². The quantitative estimate of drug-likeness (QED) is 0.281. The average Bonchev–Trinajstić information content (AvgIpc) is 3.71. The van der Waals surface area contributed by atoms with E-state index in [0.717, 1.165) is 79.0 Å². The van der Waals surface area contributed by atoms with Crippen LogP contribution in [0.4, 0.5) is 14.6 Å². The molecule has 2 unspecified atom stereocenters. The van der Waals surface area contributed by atoms with Crippen LogP contribution in [0, 0.1) is 5.82 Å². The van der Waals surface area contributed by atoms with Gasteiger partial charge in [-0.3, -0.25) is 10.00 Å². The van der Waals surface area contributed by atoms with Gasteiger partial charge < -0.3 is 19.1 Å². The first-order chi connectivity index (χ1) is 22.5. The van der Waals surface area contributed by atoms with E-state index in [2.05, 4.69) is 33.0 Å². The molecule has 4 aliphatic rings. The van der Waals surface area contributed by atoms with Gasteiger partial charge in [0.05, 0.1) is 37.3 Å². The molecule has 1 aromatic carbocycles. The van der Waals surface area contributed by atoms with Gasteiger partial charge in [0.2, 0.25) is 5.88 Å². The molecular formula is C34H39F2N7O3. The lowest BCUT2D eigenvalue weighted by Gasteiger charge is -2.31. The maximum Gasteiger partial charge on any atom is 0.319 e. The number of ether oxygens (including phenoxy) is 3. The first-order valence-corrected chi connectivity index (χ1v) is 16.4. The number of hydrogen-bond donors (Lipinski definition) is 1. The van der Waals surface area contributed by atoms with E-state index in [4.69, 9.17) is 29.2 Å². The summed E-state index contributed by atoms with van der Waals surface area (Å²) in [5.41, 5.74) is 4.59. The fraction of sp³-hybridized carbons (Fsp3) is 0.529. The molecule has 0 saturated carbocycles. The zero-order chi connectivity index (χ0) is 31.4. The fourth-order valence-electron chi connectivity index (χ4n) is 8.25. The summed E-state index contributed by atoms with van der Waals surface area (Å²) in [6.07, 6.45) is 8.76. The fourth-order valence-corrected chi connectivity index (χ4v) is 8.25. The van der Waals surface area contributed by atoms with Gasteiger partial charge in [0.15, 0.2) is 5.82 Å². The molecule has 3 aromatic heterocycles. The molecule has 12 heteroatoms. The van der Waals surface area contributed by atoms with Gasteiger partial charge in [-0.1, -0.05) is 6.92 Å². The maximum atomic E-state index is 17.3. The Balaban J connectivity index is 1.31. The number of halogens is 2. The Hall–Kier alpha value is -3.90. The minimum atomic E-state index is -0.548. The summed E-state index contributed by atoms with van der Waals surface area (Å²) in [5.74, 6) is 0.438. The zero-order valence-corrected chi connectivity index (χ0v) is 26.4. The summed E-state index contributed by atoms with van der Waals surface area (Å²) in [5, 5.41) is 8.62. The van der Waals surface area contributed by atoms with Crippen LogP contribution in [-0.4, -0.2) is 88.7 Å². The van der Waals surface area contributed by atoms with Crippen LogP contribution in [0.2, 0.25) is 0 Å². The predicted octanol–water partition coefficient (Wildman–Crippen LogP) is 5.85. The number of methoxy groups -OCH3 is 1. The van der Waals surface area contributed by atoms with Gasteiger partial charge in [0.25, 0.3) is 0 Å². The molecule has 1 N–H and O–H groups in total. The minimum Gasteiger partial charge on any atom is -0.480 e. The Morgan fingerprint density at radius 1 is 1.15 bits per heavy atom. The molecule has 0 amide bonds. The third kappa shape index (κ3) is 4.79. The minimum absolute atomic E-state index is 0.0848. The lowest BCUT2D eigenvalue weighted by molar-refractivity contribution is 0.108. The van der Waals surface area contributed by atoms with Gasteiger partial charge in [0, 0.05) is 37.2 Å². The van der Waals surface area contributed by atoms with Crippen molar-refractivity contribution in [1.29, 1.82) is 0 Å². The highest BCUT2D eigenvalue weighted by Crippen LogP contribution is 2.46. The van der Waals surface area contributed by atoms with Crippen molar-refractivity contribution in [2.24, 2.45) is 0 Å². The van der Waals surface area contributed by atoms with Gasteiger partial charge in [0.1, 0.15) is 29.0 Å². The van der Waals surface area contributed by atoms with Crippen LogP contribution in [-0.2, 0) is 11.2 Å². The highest BCUT2D eigenvalue weighted by molar-refractivity contribution is 6.01. The van der Waals surface area contributed by atoms with Crippen molar-refractivity contribution in [3.8, 4) is 23.1 Å². The molecule has 3 saturated heterocycles. The predicted molar refractivity (Wildman–Crippen MR) is 171 cm³/mol. The van der Waals surface area contributed by atoms with Crippen LogP contribution in [0.5, 0.6) is 11.9 Å². The van der Waals surface area contributed by atoms with Gasteiger partial charge in [-0.05, 0) is 80.2 Å². The molecule has 6 heterocycles. The Labute approximate surface area is 266 Å². The molecule has 10 nitrogen and oxygen atoms in total. The number of aryl methyl sites for hydroxylation is 1. The Bertz CT molecular complexity index is 1840. The number of benzene rings is 1. The molecule has 3 aliphatic heterocycles. The number of aromatic nitrogens is 5. The molecular weight excluding hydrogens is 592 g/mol. The first kappa shape index (κ1) is 29.5. The van der Waals surface area contributed by atoms with Crippen molar-refractivity contribution < 1.29 is 23.0 Å². The van der Waals surface area contributed by atoms with E-state index in [-0.39, 0.29) is 41.2 Å². The third-order valence-electron chi connectivity index (χ3n) is 10.4. The Morgan fingerprint density at radius 2 is 2.07 bits per heavy atom. The summed E-state index contributed by atoms with van der Waals surface area (Å²) >= 11 is 0. The molecule has 0 bridgehead atoms. The number of anilines is 1. The van der Waals surface area contributed by atoms with Crippen LogP contribution in [0.15, 0.2) is 24.2 Å². The number of pyridine rings is 1. The number of H-pyrrole nitrogens is 1. The number of rotatable bonds is 6. The van der Waals surface area contributed by atoms with Gasteiger partial charge in [-0.25, -0.2) is 13.8 Å². The average molecular weight is 632 g/mol. The molecule has 2 atom stereocenters. The lowest BCUT2D eigenvalue weighted by atomic mass is 9.79. The van der Waals surface area contributed by atoms with E-state index in [1.165, 1.54) is 5.56 Å². The molecule has 3 fully saturated rings. The van der Waals surface area contributed by atoms with E-state index < -0.39 is 5.82 Å². The van der Waals surface area contributed by atoms with Crippen LogP contribution < -0.4 is 14.4 Å². The number of nitrogens with zero attached hydrogens (tertiary/aromatic N) is 6. The third-order valence-corrected chi connectivity index (χ3v) is 10.4. The summed E-state index contributed by atoms with van der Waals surface area (Å²) in [6.45, 7) is 6.35. The molecule has 1 aliphatic carbocycles. The SMILES string of the molecule is COc1nc(-c2c3c(cc4[nH]ncc24)CCCC3C)c(F)c2nc(OCC34CCCN3C/C(=C\F)C4)nc(N3CCCOCC3)c12. The maximum absolute atomic E-state index is 17.3. The van der Waals surface area contributed by atoms with E-state index >= 15 is 4.39 Å². The van der Waals surface area contributed by atoms with Gasteiger partial charge in [-0.2, -0.15) is 15.1 Å². The highest BCUT2D eigenvalue weighted by atomic mass is 19.1. The monoisotopic (exact) mass is 631 g/mol. The summed E-state index contributed by atoms with van der Waals surface area (Å²) in [6, 6.07) is 2.22. The highest BCUT2D eigenvalue weighted by Gasteiger charge is 2.47. The van der Waals surface area contributed by atoms with E-state index in [9.17, 15) is 4.39 Å². The molecule has 46 heavy (non-hydrogen) atoms. The summed E-state index contributed by atoms with van der Waals surface area (Å²) in [4.78, 5) is 18.9. The number of nitrogens with one attached hydrogen (secondary N) is 1. The largest absolute Gasteiger partial charge is 0.480 e. The Morgan fingerprint density at radius 3 is 2.93 bits per heavy atom.